The first-order chi connectivity index (χ1) is 18.0. The van der Waals surface area contributed by atoms with Gasteiger partial charge in [0.2, 0.25) is 5.91 Å². The highest BCUT2D eigenvalue weighted by atomic mass is 32.1. The van der Waals surface area contributed by atoms with Crippen LogP contribution in [0.3, 0.4) is 0 Å². The van der Waals surface area contributed by atoms with Crippen molar-refractivity contribution in [3.05, 3.63) is 71.3 Å². The number of hydrogen-bond donors (Lipinski definition) is 1. The van der Waals surface area contributed by atoms with Crippen molar-refractivity contribution in [1.82, 2.24) is 30.0 Å². The van der Waals surface area contributed by atoms with E-state index < -0.39 is 0 Å². The number of rotatable bonds is 5. The number of anilines is 1. The van der Waals surface area contributed by atoms with Gasteiger partial charge in [0.25, 0.3) is 0 Å². The maximum absolute atomic E-state index is 14.1. The number of aromatic nitrogens is 5. The second kappa shape index (κ2) is 9.47. The fourth-order valence-electron chi connectivity index (χ4n) is 4.68. The van der Waals surface area contributed by atoms with Crippen molar-refractivity contribution in [1.29, 1.82) is 0 Å². The number of pyridine rings is 1. The number of amides is 1. The van der Waals surface area contributed by atoms with Gasteiger partial charge in [-0.25, -0.2) is 23.4 Å². The van der Waals surface area contributed by atoms with Crippen molar-refractivity contribution in [3.63, 3.8) is 0 Å². The highest BCUT2D eigenvalue weighted by molar-refractivity contribution is 7.17. The first kappa shape index (κ1) is 23.4. The van der Waals surface area contributed by atoms with E-state index in [0.29, 0.717) is 40.3 Å². The third kappa shape index (κ3) is 4.50. The van der Waals surface area contributed by atoms with Gasteiger partial charge in [-0.2, -0.15) is 0 Å². The zero-order chi connectivity index (χ0) is 25.5. The van der Waals surface area contributed by atoms with Crippen molar-refractivity contribution in [2.75, 3.05) is 18.0 Å². The topological polar surface area (TPSA) is 88.8 Å². The molecule has 1 aliphatic rings. The van der Waals surface area contributed by atoms with E-state index >= 15 is 0 Å². The number of piperidine rings is 1. The van der Waals surface area contributed by atoms with E-state index in [1.807, 2.05) is 0 Å². The quantitative estimate of drug-likeness (QED) is 0.367. The summed E-state index contributed by atoms with van der Waals surface area (Å²) < 4.78 is 30.4. The van der Waals surface area contributed by atoms with Crippen LogP contribution >= 0.6 is 11.3 Å². The zero-order valence-corrected chi connectivity index (χ0v) is 20.8. The normalized spacial score (nSPS) is 16.0. The summed E-state index contributed by atoms with van der Waals surface area (Å²) in [6, 6.07) is 6.64. The Hall–Kier alpha value is -3.99. The monoisotopic (exact) mass is 519 g/mol. The number of aryl methyl sites for hydroxylation is 1. The summed E-state index contributed by atoms with van der Waals surface area (Å²) in [5.41, 5.74) is 2.27. The number of fused-ring (bicyclic) bond motifs is 2. The largest absolute Gasteiger partial charge is 0.355 e. The van der Waals surface area contributed by atoms with E-state index in [2.05, 4.69) is 30.3 Å². The number of nitrogens with one attached hydrogen (secondary N) is 1. The third-order valence-electron chi connectivity index (χ3n) is 6.72. The van der Waals surface area contributed by atoms with E-state index in [9.17, 15) is 13.6 Å². The molecule has 0 spiro atoms. The van der Waals surface area contributed by atoms with Gasteiger partial charge < -0.3 is 10.2 Å². The molecule has 1 amide bonds. The van der Waals surface area contributed by atoms with E-state index in [-0.39, 0.29) is 30.0 Å². The Morgan fingerprint density at radius 2 is 2.05 bits per heavy atom. The van der Waals surface area contributed by atoms with Crippen LogP contribution in [-0.4, -0.2) is 43.7 Å². The van der Waals surface area contributed by atoms with E-state index in [4.69, 9.17) is 0 Å². The molecule has 1 N–H and O–H groups in total. The van der Waals surface area contributed by atoms with Crippen LogP contribution in [0.5, 0.6) is 0 Å². The molecule has 37 heavy (non-hydrogen) atoms. The van der Waals surface area contributed by atoms with Crippen molar-refractivity contribution >= 4 is 44.2 Å². The molecule has 5 heterocycles. The minimum Gasteiger partial charge on any atom is -0.355 e. The van der Waals surface area contributed by atoms with Crippen molar-refractivity contribution in [2.24, 2.45) is 5.92 Å². The van der Waals surface area contributed by atoms with Gasteiger partial charge in [-0.05, 0) is 43.5 Å². The lowest BCUT2D eigenvalue weighted by Crippen LogP contribution is -2.43. The van der Waals surface area contributed by atoms with Crippen molar-refractivity contribution in [2.45, 2.75) is 26.3 Å². The van der Waals surface area contributed by atoms with Crippen LogP contribution in [0.2, 0.25) is 0 Å². The second-order valence-corrected chi connectivity index (χ2v) is 10.1. The number of hydrogen-bond acceptors (Lipinski definition) is 7. The molecule has 1 fully saturated rings. The number of nitrogens with zero attached hydrogens (tertiary/aromatic N) is 6. The molecule has 0 bridgehead atoms. The lowest BCUT2D eigenvalue weighted by Gasteiger charge is -2.33. The molecule has 1 aliphatic heterocycles. The number of halogens is 2. The molecular formula is C26H23F2N7OS. The zero-order valence-electron chi connectivity index (χ0n) is 20.0. The summed E-state index contributed by atoms with van der Waals surface area (Å²) in [4.78, 5) is 28.2. The molecule has 0 unspecified atom stereocenters. The maximum atomic E-state index is 14.1. The summed E-state index contributed by atoms with van der Waals surface area (Å²) in [5, 5.41) is 10.2. The fraction of sp³-hybridized carbons (Fsp3) is 0.269. The third-order valence-corrected chi connectivity index (χ3v) is 7.63. The number of carbonyl (C=O) groups is 1. The van der Waals surface area contributed by atoms with Crippen molar-refractivity contribution < 1.29 is 13.6 Å². The van der Waals surface area contributed by atoms with Crippen LogP contribution in [0.15, 0.2) is 48.4 Å². The van der Waals surface area contributed by atoms with Gasteiger partial charge in [0.15, 0.2) is 5.65 Å². The molecule has 0 saturated carbocycles. The summed E-state index contributed by atoms with van der Waals surface area (Å²) >= 11 is 1.31. The van der Waals surface area contributed by atoms with Crippen molar-refractivity contribution in [3.8, 4) is 5.69 Å². The standard InChI is InChI=1S/C26H23F2N7OS/c1-15-4-5-18(8-21(15)27)35-12-20-24(33-35)31-14-32-25(20)34-6-2-3-16(11-34)26(36)30-9-17-7-19-22(28)13-37-23(19)10-29-17/h4-5,7-8,10,12-14,16H,2-3,6,9,11H2,1H3,(H,30,36)/t16-/m1/s1. The Bertz CT molecular complexity index is 1630. The first-order valence-electron chi connectivity index (χ1n) is 12.0. The molecule has 1 aromatic carbocycles. The Balaban J connectivity index is 1.18. The van der Waals surface area contributed by atoms with Crippen LogP contribution in [0.4, 0.5) is 14.6 Å². The second-order valence-electron chi connectivity index (χ2n) is 9.20. The molecule has 4 aromatic heterocycles. The molecule has 188 valence electrons. The summed E-state index contributed by atoms with van der Waals surface area (Å²) in [5.74, 6) is -0.190. The Kier molecular flexibility index (Phi) is 5.99. The van der Waals surface area contributed by atoms with Gasteiger partial charge in [0.05, 0.1) is 33.9 Å². The summed E-state index contributed by atoms with van der Waals surface area (Å²) in [6.07, 6.45) is 6.47. The van der Waals surface area contributed by atoms with Crippen LogP contribution < -0.4 is 10.2 Å². The Labute approximate surface area is 215 Å². The number of benzene rings is 1. The molecule has 11 heteroatoms. The molecule has 1 atom stereocenters. The predicted octanol–water partition coefficient (Wildman–Crippen LogP) is 4.54. The highest BCUT2D eigenvalue weighted by Gasteiger charge is 2.28. The van der Waals surface area contributed by atoms with E-state index in [1.165, 1.54) is 29.1 Å². The smallest absolute Gasteiger partial charge is 0.225 e. The van der Waals surface area contributed by atoms with Crippen LogP contribution in [-0.2, 0) is 11.3 Å². The van der Waals surface area contributed by atoms with Gasteiger partial charge in [-0.15, -0.1) is 16.4 Å². The number of carbonyl (C=O) groups excluding carboxylic acids is 1. The van der Waals surface area contributed by atoms with Crippen LogP contribution in [0, 0.1) is 24.5 Å². The molecule has 0 aliphatic carbocycles. The Morgan fingerprint density at radius 1 is 1.16 bits per heavy atom. The van der Waals surface area contributed by atoms with E-state index in [1.54, 1.807) is 42.2 Å². The predicted molar refractivity (Wildman–Crippen MR) is 138 cm³/mol. The maximum Gasteiger partial charge on any atom is 0.225 e. The van der Waals surface area contributed by atoms with Gasteiger partial charge in [-0.1, -0.05) is 6.07 Å². The SMILES string of the molecule is Cc1ccc(-n2cc3c(N4CCC[C@@H](C(=O)NCc5cc6c(F)csc6cn5)C4)ncnc3n2)cc1F. The minimum atomic E-state index is -0.302. The molecule has 6 rings (SSSR count). The fourth-order valence-corrected chi connectivity index (χ4v) is 5.44. The number of thiophene rings is 1. The molecule has 1 saturated heterocycles. The lowest BCUT2D eigenvalue weighted by molar-refractivity contribution is -0.125. The van der Waals surface area contributed by atoms with Gasteiger partial charge in [-0.3, -0.25) is 9.78 Å². The summed E-state index contributed by atoms with van der Waals surface area (Å²) in [6.45, 7) is 3.19. The molecular weight excluding hydrogens is 496 g/mol. The first-order valence-corrected chi connectivity index (χ1v) is 12.9. The minimum absolute atomic E-state index is 0.0755. The van der Waals surface area contributed by atoms with Crippen LogP contribution in [0.25, 0.3) is 26.8 Å². The van der Waals surface area contributed by atoms with E-state index in [0.717, 1.165) is 29.5 Å². The van der Waals surface area contributed by atoms with Gasteiger partial charge in [0.1, 0.15) is 23.8 Å². The highest BCUT2D eigenvalue weighted by Crippen LogP contribution is 2.29. The molecule has 8 nitrogen and oxygen atoms in total. The van der Waals surface area contributed by atoms with Gasteiger partial charge in [0, 0.05) is 36.2 Å². The van der Waals surface area contributed by atoms with Gasteiger partial charge >= 0.3 is 0 Å². The molecule has 0 radical (unpaired) electrons. The average molecular weight is 520 g/mol. The van der Waals surface area contributed by atoms with Crippen LogP contribution in [0.1, 0.15) is 24.1 Å². The molecule has 5 aromatic rings. The lowest BCUT2D eigenvalue weighted by atomic mass is 9.97. The Morgan fingerprint density at radius 3 is 2.92 bits per heavy atom. The average Bonchev–Trinajstić information content (AvgIpc) is 3.52. The summed E-state index contributed by atoms with van der Waals surface area (Å²) in [7, 11) is 0.